The number of anilines is 1. The van der Waals surface area contributed by atoms with Crippen molar-refractivity contribution in [3.05, 3.63) is 65.1 Å². The summed E-state index contributed by atoms with van der Waals surface area (Å²) < 4.78 is 32.7. The van der Waals surface area contributed by atoms with Crippen LogP contribution in [0.2, 0.25) is 0 Å². The lowest BCUT2D eigenvalue weighted by molar-refractivity contribution is 0.632. The van der Waals surface area contributed by atoms with Crippen LogP contribution < -0.4 is 10.3 Å². The van der Waals surface area contributed by atoms with Crippen molar-refractivity contribution < 1.29 is 8.60 Å². The molecular weight excluding hydrogens is 379 g/mol. The number of nitrogens with zero attached hydrogens (tertiary/aromatic N) is 3. The summed E-state index contributed by atoms with van der Waals surface area (Å²) in [5.74, 6) is -0.409. The number of aryl methyl sites for hydroxylation is 1. The Morgan fingerprint density at radius 2 is 2.07 bits per heavy atom. The van der Waals surface area contributed by atoms with E-state index in [2.05, 4.69) is 9.82 Å². The number of halogens is 1. The second kappa shape index (κ2) is 7.71. The van der Waals surface area contributed by atoms with Crippen LogP contribution in [0.5, 0.6) is 0 Å². The van der Waals surface area contributed by atoms with E-state index in [1.54, 1.807) is 46.0 Å². The van der Waals surface area contributed by atoms with Gasteiger partial charge in [-0.3, -0.25) is 4.79 Å². The van der Waals surface area contributed by atoms with Gasteiger partial charge in [-0.05, 0) is 43.5 Å². The molecule has 1 unspecified atom stereocenters. The van der Waals surface area contributed by atoms with E-state index in [9.17, 15) is 13.4 Å². The molecule has 0 amide bonds. The van der Waals surface area contributed by atoms with Gasteiger partial charge in [0.1, 0.15) is 16.8 Å². The average Bonchev–Trinajstić information content (AvgIpc) is 3.42. The molecule has 4 rings (SSSR count). The number of hydrogen-bond donors (Lipinski definition) is 1. The molecule has 1 saturated carbocycles. The Hall–Kier alpha value is -2.74. The first-order valence-corrected chi connectivity index (χ1v) is 10.5. The Kier molecular flexibility index (Phi) is 5.13. The zero-order valence-corrected chi connectivity index (χ0v) is 16.3. The molecule has 1 aliphatic carbocycles. The molecule has 0 bridgehead atoms. The van der Waals surface area contributed by atoms with E-state index in [-0.39, 0.29) is 10.8 Å². The minimum absolute atomic E-state index is 0.0595. The molecule has 6 nitrogen and oxygen atoms in total. The normalized spacial score (nSPS) is 14.8. The van der Waals surface area contributed by atoms with E-state index in [1.807, 2.05) is 6.92 Å². The highest BCUT2D eigenvalue weighted by atomic mass is 32.2. The Balaban J connectivity index is 1.58. The zero-order valence-electron chi connectivity index (χ0n) is 15.5. The molecule has 0 saturated heterocycles. The summed E-state index contributed by atoms with van der Waals surface area (Å²) in [6.45, 7) is 2.64. The van der Waals surface area contributed by atoms with Gasteiger partial charge < -0.3 is 9.29 Å². The number of benzene rings is 1. The minimum Gasteiger partial charge on any atom is -0.313 e. The fourth-order valence-corrected chi connectivity index (χ4v) is 4.06. The first kappa shape index (κ1) is 18.6. The van der Waals surface area contributed by atoms with Crippen LogP contribution >= 0.6 is 0 Å². The SMILES string of the molecule is CCCn1cc(-n2cc(-c3ccc(NS(=O)C4CC4)cc3F)cn2)ccc1=O. The smallest absolute Gasteiger partial charge is 0.250 e. The zero-order chi connectivity index (χ0) is 19.7. The predicted octanol–water partition coefficient (Wildman–Crippen LogP) is 3.49. The Morgan fingerprint density at radius 3 is 2.79 bits per heavy atom. The van der Waals surface area contributed by atoms with Gasteiger partial charge in [-0.1, -0.05) is 6.92 Å². The summed E-state index contributed by atoms with van der Waals surface area (Å²) in [6.07, 6.45) is 7.81. The molecule has 146 valence electrons. The van der Waals surface area contributed by atoms with Gasteiger partial charge in [0.15, 0.2) is 0 Å². The fraction of sp³-hybridized carbons (Fsp3) is 0.300. The van der Waals surface area contributed by atoms with Crippen LogP contribution in [0.4, 0.5) is 10.1 Å². The third-order valence-electron chi connectivity index (χ3n) is 4.61. The molecule has 1 aromatic carbocycles. The van der Waals surface area contributed by atoms with E-state index in [0.717, 1.165) is 24.9 Å². The maximum absolute atomic E-state index is 14.6. The van der Waals surface area contributed by atoms with Crippen molar-refractivity contribution in [1.29, 1.82) is 0 Å². The van der Waals surface area contributed by atoms with Crippen LogP contribution in [0.1, 0.15) is 26.2 Å². The van der Waals surface area contributed by atoms with Crippen LogP contribution in [0.25, 0.3) is 16.8 Å². The molecule has 0 aliphatic heterocycles. The van der Waals surface area contributed by atoms with Gasteiger partial charge in [0.05, 0.1) is 17.1 Å². The van der Waals surface area contributed by atoms with Gasteiger partial charge in [0.2, 0.25) is 0 Å². The lowest BCUT2D eigenvalue weighted by Gasteiger charge is -2.08. The van der Waals surface area contributed by atoms with Gasteiger partial charge >= 0.3 is 0 Å². The summed E-state index contributed by atoms with van der Waals surface area (Å²) >= 11 is 0. The lowest BCUT2D eigenvalue weighted by Crippen LogP contribution is -2.19. The summed E-state index contributed by atoms with van der Waals surface area (Å²) in [5, 5.41) is 4.49. The van der Waals surface area contributed by atoms with Gasteiger partial charge in [-0.15, -0.1) is 0 Å². The quantitative estimate of drug-likeness (QED) is 0.660. The molecule has 1 fully saturated rings. The third-order valence-corrected chi connectivity index (χ3v) is 6.12. The highest BCUT2D eigenvalue weighted by Gasteiger charge is 2.28. The highest BCUT2D eigenvalue weighted by Crippen LogP contribution is 2.29. The second-order valence-electron chi connectivity index (χ2n) is 6.89. The first-order valence-electron chi connectivity index (χ1n) is 9.28. The van der Waals surface area contributed by atoms with Crippen LogP contribution in [0.3, 0.4) is 0 Å². The van der Waals surface area contributed by atoms with Crippen LogP contribution in [0, 0.1) is 5.82 Å². The van der Waals surface area contributed by atoms with Gasteiger partial charge in [0, 0.05) is 41.8 Å². The Labute approximate surface area is 164 Å². The van der Waals surface area contributed by atoms with E-state index in [4.69, 9.17) is 0 Å². The molecule has 1 N–H and O–H groups in total. The Bertz CT molecular complexity index is 1090. The number of hydrogen-bond acceptors (Lipinski definition) is 3. The molecule has 28 heavy (non-hydrogen) atoms. The number of rotatable bonds is 7. The van der Waals surface area contributed by atoms with Crippen molar-refractivity contribution >= 4 is 16.7 Å². The molecule has 2 aromatic heterocycles. The highest BCUT2D eigenvalue weighted by molar-refractivity contribution is 7.87. The number of aromatic nitrogens is 3. The van der Waals surface area contributed by atoms with Gasteiger partial charge in [0.25, 0.3) is 5.56 Å². The average molecular weight is 400 g/mol. The molecule has 0 radical (unpaired) electrons. The fourth-order valence-electron chi connectivity index (χ4n) is 2.97. The summed E-state index contributed by atoms with van der Waals surface area (Å²) in [7, 11) is -1.16. The van der Waals surface area contributed by atoms with Crippen molar-refractivity contribution in [2.24, 2.45) is 0 Å². The van der Waals surface area contributed by atoms with Crippen LogP contribution in [-0.2, 0) is 17.5 Å². The molecule has 1 aliphatic rings. The standard InChI is InChI=1S/C20H21FN4O2S/c1-2-9-24-13-16(4-8-20(24)26)25-12-14(11-22-25)18-7-3-15(10-19(18)21)23-28(27)17-5-6-17/h3-4,7-8,10-13,17,23H,2,5-6,9H2,1H3. The summed E-state index contributed by atoms with van der Waals surface area (Å²) in [6, 6.07) is 7.93. The number of pyridine rings is 1. The van der Waals surface area contributed by atoms with E-state index in [0.29, 0.717) is 23.4 Å². The predicted molar refractivity (Wildman–Crippen MR) is 108 cm³/mol. The molecule has 3 aromatic rings. The van der Waals surface area contributed by atoms with E-state index < -0.39 is 16.8 Å². The minimum atomic E-state index is -1.16. The molecule has 0 spiro atoms. The van der Waals surface area contributed by atoms with Crippen LogP contribution in [0.15, 0.2) is 53.7 Å². The summed E-state index contributed by atoms with van der Waals surface area (Å²) in [5.41, 5.74) is 2.22. The molecular formula is C20H21FN4O2S. The van der Waals surface area contributed by atoms with Gasteiger partial charge in [-0.2, -0.15) is 5.10 Å². The van der Waals surface area contributed by atoms with Crippen molar-refractivity contribution in [3.8, 4) is 16.8 Å². The molecule has 8 heteroatoms. The van der Waals surface area contributed by atoms with Gasteiger partial charge in [-0.25, -0.2) is 13.3 Å². The lowest BCUT2D eigenvalue weighted by atomic mass is 10.1. The second-order valence-corrected chi connectivity index (χ2v) is 8.35. The first-order chi connectivity index (χ1) is 13.5. The van der Waals surface area contributed by atoms with E-state index >= 15 is 0 Å². The monoisotopic (exact) mass is 400 g/mol. The van der Waals surface area contributed by atoms with Crippen molar-refractivity contribution in [2.75, 3.05) is 4.72 Å². The van der Waals surface area contributed by atoms with Crippen molar-refractivity contribution in [3.63, 3.8) is 0 Å². The molecule has 1 atom stereocenters. The number of nitrogens with one attached hydrogen (secondary N) is 1. The third kappa shape index (κ3) is 3.91. The maximum atomic E-state index is 14.6. The summed E-state index contributed by atoms with van der Waals surface area (Å²) in [4.78, 5) is 11.9. The van der Waals surface area contributed by atoms with Crippen molar-refractivity contribution in [1.82, 2.24) is 14.3 Å². The topological polar surface area (TPSA) is 68.9 Å². The maximum Gasteiger partial charge on any atom is 0.250 e. The largest absolute Gasteiger partial charge is 0.313 e. The van der Waals surface area contributed by atoms with E-state index in [1.165, 1.54) is 12.1 Å². The van der Waals surface area contributed by atoms with Crippen LogP contribution in [-0.4, -0.2) is 23.8 Å². The molecule has 2 heterocycles. The Morgan fingerprint density at radius 1 is 1.25 bits per heavy atom. The van der Waals surface area contributed by atoms with Crippen molar-refractivity contribution in [2.45, 2.75) is 38.0 Å².